The van der Waals surface area contributed by atoms with Crippen molar-refractivity contribution in [1.29, 1.82) is 0 Å². The Morgan fingerprint density at radius 1 is 0.949 bits per heavy atom. The molecule has 1 aliphatic rings. The van der Waals surface area contributed by atoms with Gasteiger partial charge in [0, 0.05) is 24.3 Å². The molecule has 4 rings (SSSR count). The van der Waals surface area contributed by atoms with Crippen LogP contribution >= 0.6 is 11.8 Å². The highest BCUT2D eigenvalue weighted by Crippen LogP contribution is 2.34. The largest absolute Gasteiger partial charge is 0.493 e. The molecule has 1 saturated heterocycles. The van der Waals surface area contributed by atoms with Gasteiger partial charge in [-0.2, -0.15) is 8.42 Å². The molecule has 0 radical (unpaired) electrons. The van der Waals surface area contributed by atoms with E-state index in [2.05, 4.69) is 10.3 Å². The maximum absolute atomic E-state index is 12.7. The number of nitrogens with zero attached hydrogens (tertiary/aromatic N) is 3. The molecule has 1 heterocycles. The van der Waals surface area contributed by atoms with Gasteiger partial charge in [-0.05, 0) is 66.2 Å². The van der Waals surface area contributed by atoms with Crippen LogP contribution in [0.15, 0.2) is 75.5 Å². The van der Waals surface area contributed by atoms with Gasteiger partial charge in [0.05, 0.1) is 27.5 Å². The summed E-state index contributed by atoms with van der Waals surface area (Å²) >= 11 is 1.06. The van der Waals surface area contributed by atoms with Crippen LogP contribution in [0.2, 0.25) is 0 Å². The van der Waals surface area contributed by atoms with E-state index < -0.39 is 25.9 Å². The Morgan fingerprint density at radius 3 is 2.23 bits per heavy atom. The highest BCUT2D eigenvalue weighted by molar-refractivity contribution is 8.18. The van der Waals surface area contributed by atoms with E-state index in [0.29, 0.717) is 21.7 Å². The van der Waals surface area contributed by atoms with Crippen LogP contribution in [0.5, 0.6) is 11.5 Å². The summed E-state index contributed by atoms with van der Waals surface area (Å²) in [5.41, 5.74) is 1.18. The Hall–Kier alpha value is -4.76. The van der Waals surface area contributed by atoms with Crippen molar-refractivity contribution in [2.45, 2.75) is 11.8 Å². The minimum Gasteiger partial charge on any atom is -0.493 e. The molecule has 13 nitrogen and oxygen atoms in total. The number of non-ortho nitro benzene ring substituents is 2. The lowest BCUT2D eigenvalue weighted by Gasteiger charge is -2.11. The predicted molar refractivity (Wildman–Crippen MR) is 143 cm³/mol. The Balaban J connectivity index is 1.54. The number of amides is 1. The fourth-order valence-electron chi connectivity index (χ4n) is 3.36. The van der Waals surface area contributed by atoms with Gasteiger partial charge in [-0.15, -0.1) is 0 Å². The molecule has 15 heteroatoms. The summed E-state index contributed by atoms with van der Waals surface area (Å²) in [6, 6.07) is 12.7. The van der Waals surface area contributed by atoms with Crippen LogP contribution in [-0.4, -0.2) is 36.4 Å². The Bertz CT molecular complexity index is 1670. The molecule has 0 unspecified atom stereocenters. The summed E-state index contributed by atoms with van der Waals surface area (Å²) in [5, 5.41) is 24.7. The first-order valence-electron chi connectivity index (χ1n) is 10.9. The lowest BCUT2D eigenvalue weighted by atomic mass is 10.2. The highest BCUT2D eigenvalue weighted by atomic mass is 32.2. The second-order valence-electron chi connectivity index (χ2n) is 7.91. The number of nitrogens with one attached hydrogen (secondary N) is 1. The average Bonchev–Trinajstić information content (AvgIpc) is 3.24. The van der Waals surface area contributed by atoms with Crippen molar-refractivity contribution in [2.75, 3.05) is 7.11 Å². The van der Waals surface area contributed by atoms with E-state index >= 15 is 0 Å². The molecule has 3 aromatic rings. The van der Waals surface area contributed by atoms with Gasteiger partial charge in [-0.25, -0.2) is 4.99 Å². The number of aliphatic imine (C=N–C) groups is 1. The average molecular weight is 571 g/mol. The number of rotatable bonds is 8. The van der Waals surface area contributed by atoms with Crippen LogP contribution in [0.1, 0.15) is 11.1 Å². The molecule has 0 atom stereocenters. The maximum atomic E-state index is 12.7. The van der Waals surface area contributed by atoms with Crippen molar-refractivity contribution >= 4 is 56.1 Å². The van der Waals surface area contributed by atoms with Gasteiger partial charge in [-0.3, -0.25) is 25.0 Å². The standard InChI is InChI=1S/C24H18N4O9S2/c1-14-11-17(28(32)33)6-9-19(14)25-24-26-23(29)22(38-24)13-15-3-10-20(21(12-15)36-2)37-39(34,35)18-7-4-16(5-8-18)27(30)31/h3-13H,1-2H3,(H,25,26,29)/b22-13+. The monoisotopic (exact) mass is 570 g/mol. The molecule has 39 heavy (non-hydrogen) atoms. The van der Waals surface area contributed by atoms with Crippen molar-refractivity contribution in [3.05, 3.63) is 96.9 Å². The first kappa shape index (κ1) is 27.3. The lowest BCUT2D eigenvalue weighted by Crippen LogP contribution is -2.19. The van der Waals surface area contributed by atoms with Crippen LogP contribution in [0.4, 0.5) is 17.1 Å². The van der Waals surface area contributed by atoms with Gasteiger partial charge in [0.25, 0.3) is 17.3 Å². The predicted octanol–water partition coefficient (Wildman–Crippen LogP) is 4.48. The first-order valence-corrected chi connectivity index (χ1v) is 13.1. The maximum Gasteiger partial charge on any atom is 0.339 e. The number of aryl methyl sites for hydroxylation is 1. The van der Waals surface area contributed by atoms with Gasteiger partial charge in [-0.1, -0.05) is 6.07 Å². The lowest BCUT2D eigenvalue weighted by molar-refractivity contribution is -0.385. The number of thioether (sulfide) groups is 1. The van der Waals surface area contributed by atoms with Crippen molar-refractivity contribution in [1.82, 2.24) is 5.32 Å². The van der Waals surface area contributed by atoms with E-state index in [9.17, 15) is 33.4 Å². The number of methoxy groups -OCH3 is 1. The van der Waals surface area contributed by atoms with Crippen LogP contribution in [-0.2, 0) is 14.9 Å². The molecule has 1 amide bonds. The smallest absolute Gasteiger partial charge is 0.339 e. The number of carbonyl (C=O) groups is 1. The van der Waals surface area contributed by atoms with Gasteiger partial charge in [0.1, 0.15) is 4.90 Å². The number of benzene rings is 3. The second-order valence-corrected chi connectivity index (χ2v) is 10.5. The molecule has 200 valence electrons. The molecular formula is C24H18N4O9S2. The van der Waals surface area contributed by atoms with Crippen LogP contribution in [0, 0.1) is 27.2 Å². The minimum absolute atomic E-state index is 0.0636. The van der Waals surface area contributed by atoms with E-state index in [1.165, 1.54) is 43.5 Å². The Morgan fingerprint density at radius 2 is 1.62 bits per heavy atom. The fourth-order valence-corrected chi connectivity index (χ4v) is 5.14. The first-order chi connectivity index (χ1) is 18.5. The number of hydrogen-bond acceptors (Lipinski definition) is 11. The zero-order valence-corrected chi connectivity index (χ0v) is 21.8. The minimum atomic E-state index is -4.32. The Labute approximate surface area is 225 Å². The number of carbonyl (C=O) groups excluding carboxylic acids is 1. The highest BCUT2D eigenvalue weighted by Gasteiger charge is 2.25. The van der Waals surface area contributed by atoms with E-state index in [4.69, 9.17) is 8.92 Å². The third kappa shape index (κ3) is 6.22. The summed E-state index contributed by atoms with van der Waals surface area (Å²) in [4.78, 5) is 37.5. The summed E-state index contributed by atoms with van der Waals surface area (Å²) in [6.07, 6.45) is 1.54. The molecule has 0 bridgehead atoms. The summed E-state index contributed by atoms with van der Waals surface area (Å²) in [5.74, 6) is -0.482. The van der Waals surface area contributed by atoms with E-state index in [0.717, 1.165) is 36.0 Å². The normalized spacial score (nSPS) is 15.3. The van der Waals surface area contributed by atoms with E-state index in [1.54, 1.807) is 13.0 Å². The quantitative estimate of drug-likeness (QED) is 0.175. The zero-order valence-electron chi connectivity index (χ0n) is 20.2. The zero-order chi connectivity index (χ0) is 28.3. The van der Waals surface area contributed by atoms with E-state index in [-0.39, 0.29) is 32.9 Å². The summed E-state index contributed by atoms with van der Waals surface area (Å²) in [6.45, 7) is 1.67. The number of nitro benzene ring substituents is 2. The second kappa shape index (κ2) is 10.9. The van der Waals surface area contributed by atoms with Crippen molar-refractivity contribution in [3.63, 3.8) is 0 Å². The molecular weight excluding hydrogens is 552 g/mol. The molecule has 1 fully saturated rings. The van der Waals surface area contributed by atoms with Crippen LogP contribution in [0.3, 0.4) is 0 Å². The van der Waals surface area contributed by atoms with Gasteiger partial charge in [0.15, 0.2) is 16.7 Å². The number of ether oxygens (including phenoxy) is 1. The van der Waals surface area contributed by atoms with Gasteiger partial charge >= 0.3 is 10.1 Å². The van der Waals surface area contributed by atoms with Crippen molar-refractivity contribution in [3.8, 4) is 11.5 Å². The topological polar surface area (TPSA) is 180 Å². The Kier molecular flexibility index (Phi) is 7.64. The van der Waals surface area contributed by atoms with Crippen LogP contribution < -0.4 is 14.2 Å². The molecule has 0 aliphatic carbocycles. The summed E-state index contributed by atoms with van der Waals surface area (Å²) in [7, 11) is -3.01. The fraction of sp³-hybridized carbons (Fsp3) is 0.0833. The number of nitro groups is 2. The van der Waals surface area contributed by atoms with Crippen LogP contribution in [0.25, 0.3) is 6.08 Å². The summed E-state index contributed by atoms with van der Waals surface area (Å²) < 4.78 is 35.8. The SMILES string of the molecule is COc1cc(/C=C2/SC(=Nc3ccc([N+](=O)[O-])cc3C)NC2=O)ccc1OS(=O)(=O)c1ccc([N+](=O)[O-])cc1. The van der Waals surface area contributed by atoms with E-state index in [1.807, 2.05) is 0 Å². The molecule has 0 aromatic heterocycles. The third-order valence-electron chi connectivity index (χ3n) is 5.29. The van der Waals surface area contributed by atoms with Crippen molar-refractivity contribution < 1.29 is 32.0 Å². The number of hydrogen-bond donors (Lipinski definition) is 1. The molecule has 0 spiro atoms. The molecule has 1 N–H and O–H groups in total. The van der Waals surface area contributed by atoms with Crippen molar-refractivity contribution in [2.24, 2.45) is 4.99 Å². The number of amidine groups is 1. The molecule has 3 aromatic carbocycles. The molecule has 0 saturated carbocycles. The van der Waals surface area contributed by atoms with Gasteiger partial charge in [0.2, 0.25) is 0 Å². The van der Waals surface area contributed by atoms with Gasteiger partial charge < -0.3 is 14.2 Å². The molecule has 1 aliphatic heterocycles. The third-order valence-corrected chi connectivity index (χ3v) is 7.44.